The Hall–Kier alpha value is -2.55. The molecule has 3 nitrogen and oxygen atoms in total. The van der Waals surface area contributed by atoms with E-state index in [1.165, 1.54) is 22.0 Å². The van der Waals surface area contributed by atoms with Crippen molar-refractivity contribution in [3.8, 4) is 0 Å². The number of H-pyrrole nitrogens is 1. The number of nitrogens with zero attached hydrogens (tertiary/aromatic N) is 1. The van der Waals surface area contributed by atoms with Crippen LogP contribution in [0.15, 0.2) is 54.7 Å². The highest BCUT2D eigenvalue weighted by molar-refractivity contribution is 5.94. The summed E-state index contributed by atoms with van der Waals surface area (Å²) in [5, 5.41) is 1.28. The molecule has 1 N–H and O–H groups in total. The highest BCUT2D eigenvalue weighted by Crippen LogP contribution is 2.33. The van der Waals surface area contributed by atoms with Crippen molar-refractivity contribution < 1.29 is 4.79 Å². The SMILES string of the molecule is CC(C)(C)c1ccc(C(=O)N2CCC(c3c[nH]c4ccccc34)C2)cc1. The number of fused-ring (bicyclic) bond motifs is 1. The Labute approximate surface area is 155 Å². The minimum absolute atomic E-state index is 0.107. The molecule has 1 atom stereocenters. The van der Waals surface area contributed by atoms with Crippen LogP contribution in [0.5, 0.6) is 0 Å². The predicted molar refractivity (Wildman–Crippen MR) is 107 cm³/mol. The van der Waals surface area contributed by atoms with Gasteiger partial charge in [0.25, 0.3) is 5.91 Å². The Morgan fingerprint density at radius 1 is 1.08 bits per heavy atom. The summed E-state index contributed by atoms with van der Waals surface area (Å²) in [7, 11) is 0. The molecule has 1 saturated heterocycles. The van der Waals surface area contributed by atoms with Crippen LogP contribution in [0.1, 0.15) is 54.6 Å². The predicted octanol–water partition coefficient (Wildman–Crippen LogP) is 5.10. The van der Waals surface area contributed by atoms with E-state index in [0.29, 0.717) is 5.92 Å². The van der Waals surface area contributed by atoms with Crippen molar-refractivity contribution in [3.05, 3.63) is 71.4 Å². The lowest BCUT2D eigenvalue weighted by Gasteiger charge is -2.20. The van der Waals surface area contributed by atoms with E-state index in [1.54, 1.807) is 0 Å². The van der Waals surface area contributed by atoms with Crippen molar-refractivity contribution in [2.45, 2.75) is 38.5 Å². The molecule has 3 aromatic rings. The van der Waals surface area contributed by atoms with Crippen molar-refractivity contribution >= 4 is 16.8 Å². The first kappa shape index (κ1) is 16.9. The molecule has 3 heteroatoms. The smallest absolute Gasteiger partial charge is 0.253 e. The molecule has 2 aromatic carbocycles. The van der Waals surface area contributed by atoms with Gasteiger partial charge in [0.1, 0.15) is 0 Å². The van der Waals surface area contributed by atoms with E-state index in [-0.39, 0.29) is 11.3 Å². The molecule has 26 heavy (non-hydrogen) atoms. The molecule has 0 spiro atoms. The largest absolute Gasteiger partial charge is 0.361 e. The minimum atomic E-state index is 0.107. The number of para-hydroxylation sites is 1. The zero-order chi connectivity index (χ0) is 18.3. The fourth-order valence-electron chi connectivity index (χ4n) is 3.93. The first-order valence-electron chi connectivity index (χ1n) is 9.39. The summed E-state index contributed by atoms with van der Waals surface area (Å²) in [4.78, 5) is 18.3. The maximum absolute atomic E-state index is 12.9. The molecule has 2 heterocycles. The Morgan fingerprint density at radius 3 is 2.54 bits per heavy atom. The summed E-state index contributed by atoms with van der Waals surface area (Å²) < 4.78 is 0. The quantitative estimate of drug-likeness (QED) is 0.689. The van der Waals surface area contributed by atoms with E-state index >= 15 is 0 Å². The molecule has 1 aliphatic heterocycles. The van der Waals surface area contributed by atoms with Gasteiger partial charge in [-0.2, -0.15) is 0 Å². The van der Waals surface area contributed by atoms with Gasteiger partial charge in [-0.05, 0) is 41.2 Å². The van der Waals surface area contributed by atoms with Crippen molar-refractivity contribution in [2.24, 2.45) is 0 Å². The van der Waals surface area contributed by atoms with E-state index in [9.17, 15) is 4.79 Å². The number of carbonyl (C=O) groups is 1. The lowest BCUT2D eigenvalue weighted by atomic mass is 9.86. The second-order valence-corrected chi connectivity index (χ2v) is 8.35. The number of likely N-dealkylation sites (tertiary alicyclic amines) is 1. The Morgan fingerprint density at radius 2 is 1.81 bits per heavy atom. The average molecular weight is 346 g/mol. The van der Waals surface area contributed by atoms with E-state index in [2.05, 4.69) is 62.3 Å². The molecule has 1 aliphatic rings. The molecule has 0 saturated carbocycles. The first-order valence-corrected chi connectivity index (χ1v) is 9.39. The Balaban J connectivity index is 1.51. The number of nitrogens with one attached hydrogen (secondary N) is 1. The van der Waals surface area contributed by atoms with Crippen LogP contribution in [0.3, 0.4) is 0 Å². The highest BCUT2D eigenvalue weighted by Gasteiger charge is 2.29. The lowest BCUT2D eigenvalue weighted by molar-refractivity contribution is 0.0791. The fraction of sp³-hybridized carbons (Fsp3) is 0.348. The summed E-state index contributed by atoms with van der Waals surface area (Å²) >= 11 is 0. The highest BCUT2D eigenvalue weighted by atomic mass is 16.2. The third-order valence-corrected chi connectivity index (χ3v) is 5.53. The number of amides is 1. The third-order valence-electron chi connectivity index (χ3n) is 5.53. The van der Waals surface area contributed by atoms with E-state index < -0.39 is 0 Å². The molecule has 134 valence electrons. The zero-order valence-electron chi connectivity index (χ0n) is 15.8. The monoisotopic (exact) mass is 346 g/mol. The lowest BCUT2D eigenvalue weighted by Crippen LogP contribution is -2.28. The van der Waals surface area contributed by atoms with Gasteiger partial charge in [-0.1, -0.05) is 51.1 Å². The van der Waals surface area contributed by atoms with Crippen molar-refractivity contribution in [1.82, 2.24) is 9.88 Å². The van der Waals surface area contributed by atoms with Crippen LogP contribution in [0, 0.1) is 0 Å². The number of aromatic amines is 1. The molecule has 0 bridgehead atoms. The van der Waals surface area contributed by atoms with Crippen molar-refractivity contribution in [3.63, 3.8) is 0 Å². The second-order valence-electron chi connectivity index (χ2n) is 8.35. The van der Waals surface area contributed by atoms with E-state index in [1.807, 2.05) is 23.1 Å². The second kappa shape index (κ2) is 6.31. The molecular weight excluding hydrogens is 320 g/mol. The van der Waals surface area contributed by atoms with Crippen LogP contribution >= 0.6 is 0 Å². The van der Waals surface area contributed by atoms with Crippen LogP contribution in [-0.4, -0.2) is 28.9 Å². The Kier molecular flexibility index (Phi) is 4.10. The van der Waals surface area contributed by atoms with E-state index in [0.717, 1.165) is 25.1 Å². The van der Waals surface area contributed by atoms with Crippen LogP contribution < -0.4 is 0 Å². The molecule has 1 fully saturated rings. The van der Waals surface area contributed by atoms with Crippen molar-refractivity contribution in [1.29, 1.82) is 0 Å². The molecule has 1 amide bonds. The zero-order valence-corrected chi connectivity index (χ0v) is 15.8. The van der Waals surface area contributed by atoms with Crippen LogP contribution in [0.25, 0.3) is 10.9 Å². The molecule has 0 radical (unpaired) electrons. The summed E-state index contributed by atoms with van der Waals surface area (Å²) in [6.45, 7) is 8.19. The number of aromatic nitrogens is 1. The number of rotatable bonds is 2. The van der Waals surface area contributed by atoms with Gasteiger partial charge in [0, 0.05) is 41.7 Å². The molecule has 0 aliphatic carbocycles. The average Bonchev–Trinajstić information content (AvgIpc) is 3.27. The minimum Gasteiger partial charge on any atom is -0.361 e. The van der Waals surface area contributed by atoms with Gasteiger partial charge in [-0.25, -0.2) is 0 Å². The molecular formula is C23H26N2O. The number of hydrogen-bond donors (Lipinski definition) is 1. The maximum atomic E-state index is 12.9. The van der Waals surface area contributed by atoms with Gasteiger partial charge in [-0.3, -0.25) is 4.79 Å². The van der Waals surface area contributed by atoms with Crippen LogP contribution in [0.4, 0.5) is 0 Å². The topological polar surface area (TPSA) is 36.1 Å². The van der Waals surface area contributed by atoms with Crippen LogP contribution in [0.2, 0.25) is 0 Å². The molecule has 1 unspecified atom stereocenters. The standard InChI is InChI=1S/C23H26N2O/c1-23(2,3)18-10-8-16(9-11-18)22(26)25-13-12-17(15-25)20-14-24-21-7-5-4-6-19(20)21/h4-11,14,17,24H,12-13,15H2,1-3H3. The van der Waals surface area contributed by atoms with Gasteiger partial charge < -0.3 is 9.88 Å². The number of carbonyl (C=O) groups excluding carboxylic acids is 1. The summed E-state index contributed by atoms with van der Waals surface area (Å²) in [6.07, 6.45) is 3.13. The van der Waals surface area contributed by atoms with Gasteiger partial charge in [0.05, 0.1) is 0 Å². The summed E-state index contributed by atoms with van der Waals surface area (Å²) in [5.41, 5.74) is 4.66. The first-order chi connectivity index (χ1) is 12.4. The Bertz CT molecular complexity index is 931. The summed E-state index contributed by atoms with van der Waals surface area (Å²) in [6, 6.07) is 16.5. The number of hydrogen-bond acceptors (Lipinski definition) is 1. The fourth-order valence-corrected chi connectivity index (χ4v) is 3.93. The molecule has 1 aromatic heterocycles. The van der Waals surface area contributed by atoms with Crippen molar-refractivity contribution in [2.75, 3.05) is 13.1 Å². The van der Waals surface area contributed by atoms with Gasteiger partial charge >= 0.3 is 0 Å². The normalized spacial score (nSPS) is 17.8. The molecule has 4 rings (SSSR count). The van der Waals surface area contributed by atoms with Gasteiger partial charge in [0.2, 0.25) is 0 Å². The van der Waals surface area contributed by atoms with Gasteiger partial charge in [0.15, 0.2) is 0 Å². The maximum Gasteiger partial charge on any atom is 0.253 e. The third kappa shape index (κ3) is 3.03. The number of benzene rings is 2. The summed E-state index contributed by atoms with van der Waals surface area (Å²) in [5.74, 6) is 0.553. The van der Waals surface area contributed by atoms with E-state index in [4.69, 9.17) is 0 Å². The van der Waals surface area contributed by atoms with Crippen LogP contribution in [-0.2, 0) is 5.41 Å². The van der Waals surface area contributed by atoms with Gasteiger partial charge in [-0.15, -0.1) is 0 Å².